The van der Waals surface area contributed by atoms with Crippen molar-refractivity contribution >= 4 is 11.7 Å². The molecule has 7 rings (SSSR count). The summed E-state index contributed by atoms with van der Waals surface area (Å²) in [5.74, 6) is 0.0744. The predicted molar refractivity (Wildman–Crippen MR) is 142 cm³/mol. The number of piperidine rings is 1. The van der Waals surface area contributed by atoms with Gasteiger partial charge in [-0.2, -0.15) is 0 Å². The molecule has 0 saturated carbocycles. The summed E-state index contributed by atoms with van der Waals surface area (Å²) in [6.07, 6.45) is 5.69. The molecule has 3 aromatic carbocycles. The maximum Gasteiger partial charge on any atom is 0.410 e. The molecular weight excluding hydrogens is 462 g/mol. The Kier molecular flexibility index (Phi) is 5.83. The molecule has 3 aromatic rings. The molecule has 1 amide bonds. The lowest BCUT2D eigenvalue weighted by atomic mass is 9.82. The molecule has 0 N–H and O–H groups in total. The fourth-order valence-corrected chi connectivity index (χ4v) is 6.72. The van der Waals surface area contributed by atoms with Gasteiger partial charge in [0.15, 0.2) is 6.29 Å². The Labute approximate surface area is 217 Å². The Bertz CT molecular complexity index is 1310. The Morgan fingerprint density at radius 3 is 2.11 bits per heavy atom. The van der Waals surface area contributed by atoms with E-state index in [9.17, 15) is 4.79 Å². The van der Waals surface area contributed by atoms with Crippen molar-refractivity contribution in [3.8, 4) is 11.1 Å². The van der Waals surface area contributed by atoms with Crippen LogP contribution in [0.3, 0.4) is 0 Å². The number of amides is 1. The second kappa shape index (κ2) is 9.47. The first-order valence-corrected chi connectivity index (χ1v) is 13.4. The second-order valence-electron chi connectivity index (χ2n) is 10.4. The molecule has 2 fully saturated rings. The van der Waals surface area contributed by atoms with E-state index in [4.69, 9.17) is 14.2 Å². The summed E-state index contributed by atoms with van der Waals surface area (Å²) in [6.45, 7) is 1.61. The first-order valence-electron chi connectivity index (χ1n) is 13.4. The van der Waals surface area contributed by atoms with Gasteiger partial charge in [-0.25, -0.2) is 4.79 Å². The third-order valence-corrected chi connectivity index (χ3v) is 8.37. The zero-order valence-electron chi connectivity index (χ0n) is 20.8. The zero-order chi connectivity index (χ0) is 24.8. The van der Waals surface area contributed by atoms with Gasteiger partial charge in [0.1, 0.15) is 6.61 Å². The van der Waals surface area contributed by atoms with Gasteiger partial charge in [-0.3, -0.25) is 4.90 Å². The highest BCUT2D eigenvalue weighted by Crippen LogP contribution is 2.45. The normalized spacial score (nSPS) is 22.9. The Morgan fingerprint density at radius 1 is 0.811 bits per heavy atom. The van der Waals surface area contributed by atoms with Crippen LogP contribution >= 0.6 is 0 Å². The summed E-state index contributed by atoms with van der Waals surface area (Å²) in [4.78, 5) is 15.6. The zero-order valence-corrected chi connectivity index (χ0v) is 20.8. The molecule has 2 unspecified atom stereocenters. The van der Waals surface area contributed by atoms with E-state index in [1.165, 1.54) is 33.4 Å². The van der Waals surface area contributed by atoms with E-state index >= 15 is 0 Å². The van der Waals surface area contributed by atoms with Gasteiger partial charge in [0.2, 0.25) is 0 Å². The van der Waals surface area contributed by atoms with Gasteiger partial charge < -0.3 is 14.2 Å². The molecule has 5 heteroatoms. The number of nitrogens with zero attached hydrogens (tertiary/aromatic N) is 1. The lowest BCUT2D eigenvalue weighted by Crippen LogP contribution is -2.52. The number of hydrogen-bond donors (Lipinski definition) is 0. The van der Waals surface area contributed by atoms with E-state index in [1.807, 2.05) is 11.0 Å². The number of rotatable bonds is 4. The summed E-state index contributed by atoms with van der Waals surface area (Å²) in [5.41, 5.74) is 8.52. The maximum atomic E-state index is 13.5. The lowest BCUT2D eigenvalue weighted by Gasteiger charge is -2.44. The summed E-state index contributed by atoms with van der Waals surface area (Å²) in [5, 5.41) is 0. The fraction of sp³-hybridized carbons (Fsp3) is 0.344. The molecule has 2 saturated heterocycles. The Morgan fingerprint density at radius 2 is 1.43 bits per heavy atom. The van der Waals surface area contributed by atoms with Crippen LogP contribution in [-0.2, 0) is 14.2 Å². The fourth-order valence-electron chi connectivity index (χ4n) is 6.72. The van der Waals surface area contributed by atoms with E-state index in [-0.39, 0.29) is 30.4 Å². The van der Waals surface area contributed by atoms with Gasteiger partial charge in [0, 0.05) is 17.5 Å². The van der Waals surface area contributed by atoms with Crippen LogP contribution < -0.4 is 0 Å². The highest BCUT2D eigenvalue weighted by molar-refractivity contribution is 5.79. The number of fused-ring (bicyclic) bond motifs is 5. The smallest absolute Gasteiger partial charge is 0.410 e. The predicted octanol–water partition coefficient (Wildman–Crippen LogP) is 6.69. The van der Waals surface area contributed by atoms with Crippen molar-refractivity contribution in [1.29, 1.82) is 0 Å². The van der Waals surface area contributed by atoms with Gasteiger partial charge in [0.25, 0.3) is 0 Å². The van der Waals surface area contributed by atoms with Crippen LogP contribution in [0, 0.1) is 0 Å². The number of carbonyl (C=O) groups excluding carboxylic acids is 1. The van der Waals surface area contributed by atoms with Crippen LogP contribution in [0.25, 0.3) is 16.7 Å². The van der Waals surface area contributed by atoms with Crippen molar-refractivity contribution in [3.63, 3.8) is 0 Å². The maximum absolute atomic E-state index is 13.5. The van der Waals surface area contributed by atoms with Crippen molar-refractivity contribution in [2.75, 3.05) is 19.8 Å². The van der Waals surface area contributed by atoms with E-state index in [2.05, 4.69) is 72.8 Å². The molecule has 0 aromatic heterocycles. The third kappa shape index (κ3) is 3.97. The number of ether oxygens (including phenoxy) is 3. The Balaban J connectivity index is 1.12. The first kappa shape index (κ1) is 22.8. The quantitative estimate of drug-likeness (QED) is 0.406. The summed E-state index contributed by atoms with van der Waals surface area (Å²) in [7, 11) is 0. The van der Waals surface area contributed by atoms with E-state index in [1.54, 1.807) is 0 Å². The van der Waals surface area contributed by atoms with Crippen LogP contribution in [0.2, 0.25) is 0 Å². The molecular formula is C32H31NO4. The van der Waals surface area contributed by atoms with Crippen molar-refractivity contribution in [1.82, 2.24) is 4.90 Å². The molecule has 3 aliphatic heterocycles. The molecule has 2 atom stereocenters. The first-order chi connectivity index (χ1) is 18.3. The van der Waals surface area contributed by atoms with Gasteiger partial charge in [-0.05, 0) is 59.1 Å². The SMILES string of the molecule is O=C(OCC1c2ccccc2-c2ccccc21)N1C2C=C(c3ccccc3C3OCCO3)CC1CCC2. The van der Waals surface area contributed by atoms with Crippen LogP contribution in [0.4, 0.5) is 4.79 Å². The highest BCUT2D eigenvalue weighted by Gasteiger charge is 2.40. The van der Waals surface area contributed by atoms with E-state index in [0.717, 1.165) is 31.2 Å². The van der Waals surface area contributed by atoms with Crippen LogP contribution in [0.1, 0.15) is 60.1 Å². The molecule has 4 aliphatic rings. The minimum Gasteiger partial charge on any atom is -0.448 e. The number of hydrogen-bond acceptors (Lipinski definition) is 4. The Hall–Kier alpha value is -3.41. The van der Waals surface area contributed by atoms with E-state index in [0.29, 0.717) is 19.8 Å². The van der Waals surface area contributed by atoms with Gasteiger partial charge >= 0.3 is 6.09 Å². The van der Waals surface area contributed by atoms with Crippen molar-refractivity contribution in [2.24, 2.45) is 0 Å². The van der Waals surface area contributed by atoms with Crippen molar-refractivity contribution in [2.45, 2.75) is 50.0 Å². The molecule has 5 nitrogen and oxygen atoms in total. The minimum atomic E-state index is -0.308. The summed E-state index contributed by atoms with van der Waals surface area (Å²) < 4.78 is 17.7. The van der Waals surface area contributed by atoms with E-state index < -0.39 is 0 Å². The number of carbonyl (C=O) groups is 1. The highest BCUT2D eigenvalue weighted by atomic mass is 16.7. The summed E-state index contributed by atoms with van der Waals surface area (Å²) in [6, 6.07) is 25.5. The second-order valence-corrected chi connectivity index (χ2v) is 10.4. The van der Waals surface area contributed by atoms with Crippen molar-refractivity contribution in [3.05, 3.63) is 101 Å². The molecule has 1 aliphatic carbocycles. The van der Waals surface area contributed by atoms with Crippen LogP contribution in [-0.4, -0.2) is 42.9 Å². The average molecular weight is 494 g/mol. The van der Waals surface area contributed by atoms with Crippen molar-refractivity contribution < 1.29 is 19.0 Å². The molecule has 0 spiro atoms. The molecule has 2 bridgehead atoms. The lowest BCUT2D eigenvalue weighted by molar-refractivity contribution is -0.0443. The minimum absolute atomic E-state index is 0.0524. The monoisotopic (exact) mass is 493 g/mol. The van der Waals surface area contributed by atoms with Gasteiger partial charge in [0.05, 0.1) is 19.3 Å². The topological polar surface area (TPSA) is 48.0 Å². The van der Waals surface area contributed by atoms with Crippen LogP contribution in [0.15, 0.2) is 78.9 Å². The number of benzene rings is 3. The average Bonchev–Trinajstić information content (AvgIpc) is 3.58. The van der Waals surface area contributed by atoms with Gasteiger partial charge in [-0.15, -0.1) is 0 Å². The van der Waals surface area contributed by atoms with Gasteiger partial charge in [-0.1, -0.05) is 78.9 Å². The molecule has 0 radical (unpaired) electrons. The molecule has 37 heavy (non-hydrogen) atoms. The largest absolute Gasteiger partial charge is 0.448 e. The standard InChI is InChI=1S/C32H31NO4/c34-32(37-20-30-27-13-4-2-11-25(27)26-12-3-5-14-28(26)30)33-22-8-7-9-23(33)19-21(18-22)24-10-1-6-15-29(24)31-35-16-17-36-31/h1-6,10-15,18,22-23,30-31H,7-9,16-17,19-20H2. The molecule has 3 heterocycles. The summed E-state index contributed by atoms with van der Waals surface area (Å²) >= 11 is 0. The third-order valence-electron chi connectivity index (χ3n) is 8.37. The van der Waals surface area contributed by atoms with Crippen LogP contribution in [0.5, 0.6) is 0 Å². The molecule has 188 valence electrons.